The zero-order valence-corrected chi connectivity index (χ0v) is 40.6. The Bertz CT molecular complexity index is 2590. The third-order valence-corrected chi connectivity index (χ3v) is 15.3. The minimum atomic E-state index is -0.252. The molecule has 0 saturated carbocycles. The lowest BCUT2D eigenvalue weighted by Gasteiger charge is -2.29. The predicted molar refractivity (Wildman–Crippen MR) is 272 cm³/mol. The summed E-state index contributed by atoms with van der Waals surface area (Å²) in [6, 6.07) is 25.3. The van der Waals surface area contributed by atoms with Crippen molar-refractivity contribution < 1.29 is 29.2 Å². The quantitative estimate of drug-likeness (QED) is 0.127. The van der Waals surface area contributed by atoms with Crippen molar-refractivity contribution in [2.45, 2.75) is 149 Å². The molecule has 348 valence electrons. The number of phenolic OH excluding ortho intramolecular Hbond substituents is 2. The van der Waals surface area contributed by atoms with Gasteiger partial charge < -0.3 is 29.2 Å². The Balaban J connectivity index is 0.958. The molecular weight excluding hydrogens is 829 g/mol. The largest absolute Gasteiger partial charge is 0.507 e. The maximum Gasteiger partial charge on any atom is 0.131 e. The monoisotopic (exact) mass is 897 g/mol. The van der Waals surface area contributed by atoms with Crippen LogP contribution >= 0.6 is 0 Å². The lowest BCUT2D eigenvalue weighted by Crippen LogP contribution is -2.23. The average Bonchev–Trinajstić information content (AvgIpc) is 3.34. The molecule has 4 aliphatic carbocycles. The number of benzene rings is 6. The fourth-order valence-corrected chi connectivity index (χ4v) is 12.2. The van der Waals surface area contributed by atoms with Crippen LogP contribution in [-0.4, -0.2) is 36.6 Å². The first-order valence-electron chi connectivity index (χ1n) is 25.3. The third kappa shape index (κ3) is 8.78. The zero-order chi connectivity index (χ0) is 46.3. The minimum Gasteiger partial charge on any atom is -0.507 e. The van der Waals surface area contributed by atoms with Gasteiger partial charge in [-0.1, -0.05) is 12.1 Å². The number of fused-ring (bicyclic) bond motifs is 4. The average molecular weight is 897 g/mol. The summed E-state index contributed by atoms with van der Waals surface area (Å²) in [5.41, 5.74) is 21.2. The second kappa shape index (κ2) is 19.0. The Morgan fingerprint density at radius 2 is 0.746 bits per heavy atom. The Morgan fingerprint density at radius 1 is 0.418 bits per heavy atom. The van der Waals surface area contributed by atoms with E-state index in [1.807, 2.05) is 36.4 Å². The van der Waals surface area contributed by atoms with Crippen LogP contribution in [0.4, 0.5) is 0 Å². The van der Waals surface area contributed by atoms with E-state index in [-0.39, 0.29) is 12.2 Å². The van der Waals surface area contributed by atoms with Crippen molar-refractivity contribution in [2.24, 2.45) is 0 Å². The summed E-state index contributed by atoms with van der Waals surface area (Å²) < 4.78 is 25.3. The van der Waals surface area contributed by atoms with Crippen molar-refractivity contribution in [3.8, 4) is 79.0 Å². The molecule has 0 spiro atoms. The lowest BCUT2D eigenvalue weighted by molar-refractivity contribution is 0.131. The minimum absolute atomic E-state index is 0.252. The van der Waals surface area contributed by atoms with Gasteiger partial charge in [0.1, 0.15) is 34.5 Å². The number of ether oxygens (including phenoxy) is 4. The Kier molecular flexibility index (Phi) is 12.8. The molecule has 2 unspecified atom stereocenters. The Hall–Kier alpha value is -5.88. The van der Waals surface area contributed by atoms with Gasteiger partial charge in [0, 0.05) is 39.8 Å². The van der Waals surface area contributed by atoms with Crippen LogP contribution in [0.2, 0.25) is 0 Å². The molecule has 2 atom stereocenters. The number of aryl methyl sites for hydroxylation is 6. The molecule has 67 heavy (non-hydrogen) atoms. The summed E-state index contributed by atoms with van der Waals surface area (Å²) >= 11 is 0. The number of phenols is 2. The summed E-state index contributed by atoms with van der Waals surface area (Å²) in [6.07, 6.45) is 18.3. The summed E-state index contributed by atoms with van der Waals surface area (Å²) in [5.74, 6) is 3.34. The summed E-state index contributed by atoms with van der Waals surface area (Å²) in [7, 11) is 3.36. The van der Waals surface area contributed by atoms with E-state index in [0.29, 0.717) is 40.9 Å². The fraction of sp³-hybridized carbons (Fsp3) is 0.410. The molecule has 0 aromatic heterocycles. The van der Waals surface area contributed by atoms with Crippen LogP contribution in [0.5, 0.6) is 34.5 Å². The molecule has 0 amide bonds. The highest BCUT2D eigenvalue weighted by Gasteiger charge is 2.29. The van der Waals surface area contributed by atoms with Gasteiger partial charge in [-0.25, -0.2) is 0 Å². The summed E-state index contributed by atoms with van der Waals surface area (Å²) in [4.78, 5) is 0. The molecule has 0 aliphatic heterocycles. The van der Waals surface area contributed by atoms with Gasteiger partial charge in [0.25, 0.3) is 0 Å². The third-order valence-electron chi connectivity index (χ3n) is 15.3. The van der Waals surface area contributed by atoms with Gasteiger partial charge in [0.2, 0.25) is 0 Å². The van der Waals surface area contributed by atoms with E-state index in [0.717, 1.165) is 95.9 Å². The van der Waals surface area contributed by atoms with Crippen LogP contribution in [0.1, 0.15) is 127 Å². The molecule has 6 nitrogen and oxygen atoms in total. The number of hydrogen-bond donors (Lipinski definition) is 2. The Morgan fingerprint density at radius 3 is 1.09 bits per heavy atom. The molecule has 6 aromatic rings. The highest BCUT2D eigenvalue weighted by molar-refractivity contribution is 5.90. The van der Waals surface area contributed by atoms with E-state index in [9.17, 15) is 10.2 Å². The molecule has 4 aliphatic rings. The van der Waals surface area contributed by atoms with Gasteiger partial charge in [-0.15, -0.1) is 0 Å². The second-order valence-electron chi connectivity index (χ2n) is 20.1. The first kappa shape index (κ1) is 44.9. The molecule has 6 heteroatoms. The van der Waals surface area contributed by atoms with Crippen molar-refractivity contribution in [1.29, 1.82) is 0 Å². The zero-order valence-electron chi connectivity index (χ0n) is 40.6. The molecule has 0 fully saturated rings. The van der Waals surface area contributed by atoms with E-state index in [1.54, 1.807) is 14.2 Å². The van der Waals surface area contributed by atoms with E-state index in [2.05, 4.69) is 64.1 Å². The van der Waals surface area contributed by atoms with Crippen LogP contribution in [0, 0.1) is 13.8 Å². The number of rotatable bonds is 12. The molecule has 0 radical (unpaired) electrons. The maximum atomic E-state index is 12.5. The van der Waals surface area contributed by atoms with Crippen molar-refractivity contribution >= 4 is 0 Å². The molecule has 10 rings (SSSR count). The van der Waals surface area contributed by atoms with E-state index >= 15 is 0 Å². The van der Waals surface area contributed by atoms with Crippen LogP contribution in [-0.2, 0) is 51.4 Å². The molecule has 0 bridgehead atoms. The van der Waals surface area contributed by atoms with Gasteiger partial charge in [-0.2, -0.15) is 0 Å². The van der Waals surface area contributed by atoms with Crippen LogP contribution in [0.15, 0.2) is 72.8 Å². The topological polar surface area (TPSA) is 77.4 Å². The van der Waals surface area contributed by atoms with Crippen molar-refractivity contribution in [1.82, 2.24) is 0 Å². The summed E-state index contributed by atoms with van der Waals surface area (Å²) in [5, 5.41) is 25.0. The number of methoxy groups -OCH3 is 2. The van der Waals surface area contributed by atoms with Gasteiger partial charge in [-0.05, 0) is 258 Å². The first-order chi connectivity index (χ1) is 32.6. The Labute approximate surface area is 398 Å². The van der Waals surface area contributed by atoms with E-state index in [4.69, 9.17) is 18.9 Å². The highest BCUT2D eigenvalue weighted by atomic mass is 16.5. The van der Waals surface area contributed by atoms with E-state index < -0.39 is 0 Å². The van der Waals surface area contributed by atoms with Crippen LogP contribution in [0.25, 0.3) is 44.5 Å². The maximum absolute atomic E-state index is 12.5. The normalized spacial score (nSPS) is 16.2. The molecule has 0 saturated heterocycles. The van der Waals surface area contributed by atoms with Crippen LogP contribution < -0.4 is 18.9 Å². The SMILES string of the molecule is COc1ccc(OC(C)CC(C)Oc2ccc(OC)cc2-c2cc(C)cc(-c3c4c(cc5c3CCCC5)CCCC4)c2O)c(-c2cc(C)cc(-c3c4c(cc5c3CCCC5)CCCC4)c2O)c1. The first-order valence-corrected chi connectivity index (χ1v) is 25.3. The van der Waals surface area contributed by atoms with Gasteiger partial charge >= 0.3 is 0 Å². The summed E-state index contributed by atoms with van der Waals surface area (Å²) in [6.45, 7) is 8.41. The smallest absolute Gasteiger partial charge is 0.131 e. The number of aromatic hydroxyl groups is 2. The molecule has 0 heterocycles. The van der Waals surface area contributed by atoms with Gasteiger partial charge in [0.15, 0.2) is 0 Å². The second-order valence-corrected chi connectivity index (χ2v) is 20.1. The highest BCUT2D eigenvalue weighted by Crippen LogP contribution is 2.50. The number of hydrogen-bond acceptors (Lipinski definition) is 6. The van der Waals surface area contributed by atoms with Crippen molar-refractivity contribution in [3.63, 3.8) is 0 Å². The van der Waals surface area contributed by atoms with Gasteiger partial charge in [-0.3, -0.25) is 0 Å². The van der Waals surface area contributed by atoms with Gasteiger partial charge in [0.05, 0.1) is 26.4 Å². The predicted octanol–water partition coefficient (Wildman–Crippen LogP) is 14.5. The molecule has 2 N–H and O–H groups in total. The molecular formula is C61H68O6. The van der Waals surface area contributed by atoms with Crippen molar-refractivity contribution in [2.75, 3.05) is 14.2 Å². The molecule has 6 aromatic carbocycles. The van der Waals surface area contributed by atoms with Crippen molar-refractivity contribution in [3.05, 3.63) is 128 Å². The fourth-order valence-electron chi connectivity index (χ4n) is 12.2. The lowest BCUT2D eigenvalue weighted by atomic mass is 9.76. The van der Waals surface area contributed by atoms with Crippen LogP contribution in [0.3, 0.4) is 0 Å². The van der Waals surface area contributed by atoms with E-state index in [1.165, 1.54) is 107 Å². The standard InChI is InChI=1S/C61H68O6/c1-36-27-52(60(62)54(29-36)58-46-19-11-7-15-40(46)32-41-16-8-12-20-47(41)58)50-34-44(64-5)23-25-56(50)66-38(3)31-39(4)67-57-26-24-45(65-6)35-51(57)53-28-37(2)30-55(61(53)63)59-48-21-13-9-17-42(48)33-43-18-10-14-22-49(43)59/h23-30,32-35,38-39,62-63H,7-22,31H2,1-6H3.